The molecule has 2 aromatic carbocycles. The number of benzene rings is 2. The quantitative estimate of drug-likeness (QED) is 0.181. The van der Waals surface area contributed by atoms with Gasteiger partial charge in [-0.1, -0.05) is 38.0 Å². The van der Waals surface area contributed by atoms with Gasteiger partial charge in [0.25, 0.3) is 5.91 Å². The Hall–Kier alpha value is -2.92. The fraction of sp³-hybridized carbons (Fsp3) is 0.583. The molecule has 2 aromatic rings. The van der Waals surface area contributed by atoms with E-state index >= 15 is 0 Å². The number of alkyl halides is 3. The summed E-state index contributed by atoms with van der Waals surface area (Å²) in [4.78, 5) is 19.8. The summed E-state index contributed by atoms with van der Waals surface area (Å²) in [5, 5.41) is 0. The highest BCUT2D eigenvalue weighted by atomic mass is 19.4. The molecule has 1 aliphatic carbocycles. The first-order chi connectivity index (χ1) is 22.1. The predicted molar refractivity (Wildman–Crippen MR) is 174 cm³/mol. The molecular formula is C36H48F3N5O2. The number of allylic oxidation sites excluding steroid dienone is 2. The normalized spacial score (nSPS) is 24.0. The first kappa shape index (κ1) is 33.0. The minimum absolute atomic E-state index is 0.0573. The topological polar surface area (TPSA) is 74.1 Å². The van der Waals surface area contributed by atoms with E-state index in [0.29, 0.717) is 43.3 Å². The Bertz CT molecular complexity index is 1440. The van der Waals surface area contributed by atoms with E-state index in [2.05, 4.69) is 35.3 Å². The predicted octanol–water partition coefficient (Wildman–Crippen LogP) is 6.72. The fourth-order valence-electron chi connectivity index (χ4n) is 7.84. The third kappa shape index (κ3) is 6.86. The lowest BCUT2D eigenvalue weighted by Crippen LogP contribution is -2.56. The monoisotopic (exact) mass is 639 g/mol. The number of piperidine rings is 1. The Morgan fingerprint density at radius 1 is 1.13 bits per heavy atom. The molecule has 250 valence electrons. The van der Waals surface area contributed by atoms with Crippen molar-refractivity contribution in [3.63, 3.8) is 0 Å². The number of amides is 1. The van der Waals surface area contributed by atoms with E-state index in [1.165, 1.54) is 35.9 Å². The summed E-state index contributed by atoms with van der Waals surface area (Å²) in [5.74, 6) is 6.25. The molecule has 10 heteroatoms. The molecule has 2 fully saturated rings. The molecule has 1 amide bonds. The van der Waals surface area contributed by atoms with Crippen LogP contribution in [0.3, 0.4) is 0 Å². The van der Waals surface area contributed by atoms with Crippen LogP contribution in [0.4, 0.5) is 18.9 Å². The van der Waals surface area contributed by atoms with Gasteiger partial charge < -0.3 is 14.5 Å². The number of rotatable bonds is 9. The van der Waals surface area contributed by atoms with Crippen molar-refractivity contribution in [2.24, 2.45) is 11.8 Å². The number of hydrogen-bond acceptors (Lipinski definition) is 6. The Morgan fingerprint density at radius 2 is 1.93 bits per heavy atom. The Labute approximate surface area is 270 Å². The number of fused-ring (bicyclic) bond motifs is 1. The highest BCUT2D eigenvalue weighted by molar-refractivity contribution is 6.10. The molecule has 46 heavy (non-hydrogen) atoms. The summed E-state index contributed by atoms with van der Waals surface area (Å²) in [5.41, 5.74) is 5.63. The lowest BCUT2D eigenvalue weighted by Gasteiger charge is -2.46. The number of ether oxygens (including phenoxy) is 1. The maximum absolute atomic E-state index is 14.4. The van der Waals surface area contributed by atoms with Crippen LogP contribution in [0.5, 0.6) is 0 Å². The van der Waals surface area contributed by atoms with Crippen molar-refractivity contribution in [1.82, 2.24) is 15.2 Å². The molecule has 0 spiro atoms. The van der Waals surface area contributed by atoms with E-state index in [9.17, 15) is 18.0 Å². The van der Waals surface area contributed by atoms with Crippen molar-refractivity contribution in [3.05, 3.63) is 76.0 Å². The average Bonchev–Trinajstić information content (AvgIpc) is 3.31. The maximum atomic E-state index is 14.4. The number of halogens is 3. The van der Waals surface area contributed by atoms with Gasteiger partial charge in [0, 0.05) is 42.5 Å². The number of nitrogens with two attached hydrogens (primary N) is 1. The fourth-order valence-corrected chi connectivity index (χ4v) is 7.84. The van der Waals surface area contributed by atoms with Crippen LogP contribution in [-0.2, 0) is 29.4 Å². The van der Waals surface area contributed by atoms with Gasteiger partial charge in [-0.15, -0.1) is 0 Å². The smallest absolute Gasteiger partial charge is 0.379 e. The average molecular weight is 640 g/mol. The number of carbonyl (C=O) groups excluding carboxylic acids is 1. The van der Waals surface area contributed by atoms with Gasteiger partial charge in [-0.05, 0) is 98.4 Å². The van der Waals surface area contributed by atoms with Crippen LogP contribution in [0.15, 0.2) is 48.2 Å². The zero-order valence-corrected chi connectivity index (χ0v) is 27.2. The lowest BCUT2D eigenvalue weighted by molar-refractivity contribution is -0.138. The molecule has 0 bridgehead atoms. The van der Waals surface area contributed by atoms with Crippen LogP contribution in [-0.4, -0.2) is 55.2 Å². The maximum Gasteiger partial charge on any atom is 0.416 e. The molecule has 2 atom stereocenters. The van der Waals surface area contributed by atoms with Crippen molar-refractivity contribution >= 4 is 11.6 Å². The molecule has 3 heterocycles. The lowest BCUT2D eigenvalue weighted by atomic mass is 9.74. The zero-order chi connectivity index (χ0) is 32.5. The van der Waals surface area contributed by atoms with E-state index in [-0.39, 0.29) is 35.2 Å². The molecule has 6 rings (SSSR count). The molecular weight excluding hydrogens is 591 g/mol. The molecule has 3 aliphatic heterocycles. The largest absolute Gasteiger partial charge is 0.416 e. The van der Waals surface area contributed by atoms with Gasteiger partial charge in [-0.2, -0.15) is 13.2 Å². The molecule has 2 saturated heterocycles. The van der Waals surface area contributed by atoms with Crippen LogP contribution < -0.4 is 16.2 Å². The van der Waals surface area contributed by atoms with Crippen LogP contribution in [0.1, 0.15) is 97.3 Å². The number of nitrogens with one attached hydrogen (secondary N) is 1. The number of likely N-dealkylation sites (tertiary alicyclic amines) is 1. The number of carbonyl (C=O) groups is 1. The van der Waals surface area contributed by atoms with Crippen molar-refractivity contribution in [3.8, 4) is 0 Å². The van der Waals surface area contributed by atoms with Crippen LogP contribution in [0.2, 0.25) is 0 Å². The minimum atomic E-state index is -4.55. The first-order valence-corrected chi connectivity index (χ1v) is 16.9. The second-order valence-electron chi connectivity index (χ2n) is 14.0. The summed E-state index contributed by atoms with van der Waals surface area (Å²) >= 11 is 0. The van der Waals surface area contributed by atoms with E-state index < -0.39 is 11.7 Å². The standard InChI is InChI=1S/C36H48F3N5O2/c1-25-10-9-15-43(20-25)21-26-16-30-31(32(17-26)36(37,38)39)22-44(34(30)45)29-14-8-11-27(18-29)35(23-46-24-35)19-33(41-40)42(2)28-12-6-4-3-5-7-13-28/h8,11-12,14,16-18,25,33,41H,3-7,9-10,13,15,19-24,40H2,1-2H3/b28-12+/t25-,33?/m0/s1. The van der Waals surface area contributed by atoms with Gasteiger partial charge in [0.15, 0.2) is 0 Å². The molecule has 3 N–H and O–H groups in total. The summed E-state index contributed by atoms with van der Waals surface area (Å²) in [6.07, 6.45) is 7.44. The van der Waals surface area contributed by atoms with E-state index in [4.69, 9.17) is 10.6 Å². The van der Waals surface area contributed by atoms with E-state index in [1.54, 1.807) is 6.07 Å². The van der Waals surface area contributed by atoms with Gasteiger partial charge in [-0.25, -0.2) is 5.43 Å². The van der Waals surface area contributed by atoms with Crippen molar-refractivity contribution < 1.29 is 22.7 Å². The second kappa shape index (κ2) is 13.7. The van der Waals surface area contributed by atoms with Gasteiger partial charge in [0.2, 0.25) is 0 Å². The molecule has 7 nitrogen and oxygen atoms in total. The van der Waals surface area contributed by atoms with Crippen molar-refractivity contribution in [2.45, 2.75) is 95.6 Å². The number of hydrazine groups is 1. The SMILES string of the molecule is C[C@H]1CCCN(Cc2cc3c(c(C(F)(F)F)c2)CN(c2cccc(C4(CC(NN)N(C)/C5=C/CCCCCC5)COC4)c2)C3=O)C1. The second-order valence-corrected chi connectivity index (χ2v) is 14.0. The first-order valence-electron chi connectivity index (χ1n) is 16.9. The summed E-state index contributed by atoms with van der Waals surface area (Å²) in [7, 11) is 2.08. The third-order valence-corrected chi connectivity index (χ3v) is 10.5. The summed E-state index contributed by atoms with van der Waals surface area (Å²) < 4.78 is 49.0. The Kier molecular flexibility index (Phi) is 9.80. The minimum Gasteiger partial charge on any atom is -0.379 e. The van der Waals surface area contributed by atoms with Gasteiger partial charge in [-0.3, -0.25) is 15.5 Å². The van der Waals surface area contributed by atoms with E-state index in [1.807, 2.05) is 24.3 Å². The van der Waals surface area contributed by atoms with E-state index in [0.717, 1.165) is 50.8 Å². The van der Waals surface area contributed by atoms with Crippen molar-refractivity contribution in [2.75, 3.05) is 38.3 Å². The number of hydrogen-bond donors (Lipinski definition) is 2. The molecule has 0 aromatic heterocycles. The molecule has 0 radical (unpaired) electrons. The zero-order valence-electron chi connectivity index (χ0n) is 27.2. The number of nitrogens with zero attached hydrogens (tertiary/aromatic N) is 3. The molecule has 1 unspecified atom stereocenters. The highest BCUT2D eigenvalue weighted by Gasteiger charge is 2.44. The van der Waals surface area contributed by atoms with Crippen molar-refractivity contribution in [1.29, 1.82) is 0 Å². The third-order valence-electron chi connectivity index (χ3n) is 10.5. The molecule has 4 aliphatic rings. The molecule has 0 saturated carbocycles. The number of anilines is 1. The van der Waals surface area contributed by atoms with Gasteiger partial charge in [0.1, 0.15) is 0 Å². The van der Waals surface area contributed by atoms with Crippen LogP contribution >= 0.6 is 0 Å². The van der Waals surface area contributed by atoms with Gasteiger partial charge in [0.05, 0.1) is 31.5 Å². The Morgan fingerprint density at radius 3 is 2.65 bits per heavy atom. The van der Waals surface area contributed by atoms with Crippen LogP contribution in [0.25, 0.3) is 0 Å². The van der Waals surface area contributed by atoms with Gasteiger partial charge >= 0.3 is 6.18 Å². The Balaban J connectivity index is 1.25. The summed E-state index contributed by atoms with van der Waals surface area (Å²) in [6, 6.07) is 10.6. The summed E-state index contributed by atoms with van der Waals surface area (Å²) in [6.45, 7) is 5.19. The van der Waals surface area contributed by atoms with Crippen LogP contribution in [0, 0.1) is 5.92 Å². The highest BCUT2D eigenvalue weighted by Crippen LogP contribution is 2.43.